The third-order valence-electron chi connectivity index (χ3n) is 3.97. The summed E-state index contributed by atoms with van der Waals surface area (Å²) in [5, 5.41) is 3.65. The van der Waals surface area contributed by atoms with Crippen molar-refractivity contribution in [3.8, 4) is 0 Å². The van der Waals surface area contributed by atoms with Crippen LogP contribution in [0.1, 0.15) is 52.9 Å². The lowest BCUT2D eigenvalue weighted by Crippen LogP contribution is -2.34. The zero-order valence-corrected chi connectivity index (χ0v) is 11.6. The van der Waals surface area contributed by atoms with E-state index in [1.54, 1.807) is 0 Å². The maximum Gasteiger partial charge on any atom is 0.00413 e. The van der Waals surface area contributed by atoms with E-state index in [4.69, 9.17) is 0 Å². The van der Waals surface area contributed by atoms with Crippen LogP contribution < -0.4 is 5.32 Å². The summed E-state index contributed by atoms with van der Waals surface area (Å²) in [5.74, 6) is 1.03. The molecule has 0 aromatic rings. The van der Waals surface area contributed by atoms with Crippen molar-refractivity contribution in [1.29, 1.82) is 0 Å². The Balaban J connectivity index is 1.93. The minimum absolute atomic E-state index is 0.674. The minimum atomic E-state index is 0.674. The smallest absolute Gasteiger partial charge is 0.00413 e. The van der Waals surface area contributed by atoms with Crippen LogP contribution >= 0.6 is 0 Å². The van der Waals surface area contributed by atoms with Crippen molar-refractivity contribution >= 4 is 0 Å². The highest BCUT2D eigenvalue weighted by Gasteiger charge is 2.19. The van der Waals surface area contributed by atoms with Crippen LogP contribution in [0.15, 0.2) is 0 Å². The van der Waals surface area contributed by atoms with Gasteiger partial charge in [0, 0.05) is 12.1 Å². The maximum absolute atomic E-state index is 3.65. The first kappa shape index (κ1) is 14.0. The number of hydrogen-bond acceptors (Lipinski definition) is 2. The normalized spacial score (nSPS) is 19.1. The van der Waals surface area contributed by atoms with Gasteiger partial charge in [0.05, 0.1) is 0 Å². The summed E-state index contributed by atoms with van der Waals surface area (Å²) in [6, 6.07) is 1.39. The van der Waals surface area contributed by atoms with Gasteiger partial charge in [-0.3, -0.25) is 0 Å². The van der Waals surface area contributed by atoms with Crippen LogP contribution in [0.5, 0.6) is 0 Å². The zero-order chi connectivity index (χ0) is 12.0. The van der Waals surface area contributed by atoms with Gasteiger partial charge in [-0.05, 0) is 59.7 Å². The molecule has 1 N–H and O–H groups in total. The van der Waals surface area contributed by atoms with Crippen molar-refractivity contribution in [3.63, 3.8) is 0 Å². The first-order valence-electron chi connectivity index (χ1n) is 7.03. The van der Waals surface area contributed by atoms with Crippen molar-refractivity contribution < 1.29 is 0 Å². The van der Waals surface area contributed by atoms with E-state index in [1.165, 1.54) is 45.2 Å². The van der Waals surface area contributed by atoms with Gasteiger partial charge in [0.25, 0.3) is 0 Å². The molecule has 1 saturated carbocycles. The van der Waals surface area contributed by atoms with Crippen LogP contribution in [0.3, 0.4) is 0 Å². The van der Waals surface area contributed by atoms with E-state index in [1.807, 2.05) is 0 Å². The molecule has 0 bridgehead atoms. The van der Waals surface area contributed by atoms with E-state index in [0.29, 0.717) is 6.04 Å². The molecule has 0 spiro atoms. The Morgan fingerprint density at radius 3 is 2.44 bits per heavy atom. The molecule has 0 heterocycles. The van der Waals surface area contributed by atoms with Crippen LogP contribution in [0.2, 0.25) is 0 Å². The summed E-state index contributed by atoms with van der Waals surface area (Å²) >= 11 is 0. The van der Waals surface area contributed by atoms with Crippen molar-refractivity contribution in [2.75, 3.05) is 20.1 Å². The fourth-order valence-corrected chi connectivity index (χ4v) is 2.25. The Bertz CT molecular complexity index is 176. The molecule has 0 aliphatic heterocycles. The molecule has 1 fully saturated rings. The predicted molar refractivity (Wildman–Crippen MR) is 71.8 cm³/mol. The molecule has 1 aliphatic rings. The van der Waals surface area contributed by atoms with Crippen LogP contribution in [0, 0.1) is 5.92 Å². The fraction of sp³-hybridized carbons (Fsp3) is 1.00. The summed E-state index contributed by atoms with van der Waals surface area (Å²) in [5.41, 5.74) is 0. The standard InChI is InChI=1S/C14H30N2/c1-12(2)16(4)10-6-9-15-13(3)11-14-7-5-8-14/h12-15H,5-11H2,1-4H3. The molecular weight excluding hydrogens is 196 g/mol. The Hall–Kier alpha value is -0.0800. The number of hydrogen-bond donors (Lipinski definition) is 1. The van der Waals surface area contributed by atoms with Gasteiger partial charge in [-0.1, -0.05) is 19.3 Å². The van der Waals surface area contributed by atoms with Gasteiger partial charge in [0.15, 0.2) is 0 Å². The van der Waals surface area contributed by atoms with Gasteiger partial charge in [-0.2, -0.15) is 0 Å². The van der Waals surface area contributed by atoms with E-state index in [-0.39, 0.29) is 0 Å². The van der Waals surface area contributed by atoms with Crippen molar-refractivity contribution in [3.05, 3.63) is 0 Å². The third kappa shape index (κ3) is 5.31. The molecule has 2 heteroatoms. The molecule has 1 unspecified atom stereocenters. The summed E-state index contributed by atoms with van der Waals surface area (Å²) < 4.78 is 0. The Kier molecular flexibility index (Phi) is 6.37. The average molecular weight is 226 g/mol. The molecule has 96 valence electrons. The number of nitrogens with zero attached hydrogens (tertiary/aromatic N) is 1. The minimum Gasteiger partial charge on any atom is -0.314 e. The molecule has 0 radical (unpaired) electrons. The number of nitrogens with one attached hydrogen (secondary N) is 1. The highest BCUT2D eigenvalue weighted by Crippen LogP contribution is 2.30. The molecule has 0 aromatic heterocycles. The highest BCUT2D eigenvalue weighted by molar-refractivity contribution is 4.74. The average Bonchev–Trinajstić information content (AvgIpc) is 2.18. The van der Waals surface area contributed by atoms with Crippen LogP contribution in [-0.2, 0) is 0 Å². The van der Waals surface area contributed by atoms with Crippen molar-refractivity contribution in [2.45, 2.75) is 65.0 Å². The highest BCUT2D eigenvalue weighted by atomic mass is 15.1. The Morgan fingerprint density at radius 2 is 1.94 bits per heavy atom. The third-order valence-corrected chi connectivity index (χ3v) is 3.97. The van der Waals surface area contributed by atoms with Gasteiger partial charge in [-0.25, -0.2) is 0 Å². The molecule has 2 nitrogen and oxygen atoms in total. The monoisotopic (exact) mass is 226 g/mol. The van der Waals surface area contributed by atoms with Crippen molar-refractivity contribution in [2.24, 2.45) is 5.92 Å². The van der Waals surface area contributed by atoms with Gasteiger partial charge in [0.1, 0.15) is 0 Å². The predicted octanol–water partition coefficient (Wildman–Crippen LogP) is 2.89. The van der Waals surface area contributed by atoms with E-state index >= 15 is 0 Å². The van der Waals surface area contributed by atoms with Crippen molar-refractivity contribution in [1.82, 2.24) is 10.2 Å². The second kappa shape index (κ2) is 7.29. The molecule has 1 rings (SSSR count). The Morgan fingerprint density at radius 1 is 1.25 bits per heavy atom. The van der Waals surface area contributed by atoms with Gasteiger partial charge < -0.3 is 10.2 Å². The quantitative estimate of drug-likeness (QED) is 0.640. The second-order valence-electron chi connectivity index (χ2n) is 5.82. The first-order valence-corrected chi connectivity index (χ1v) is 7.03. The lowest BCUT2D eigenvalue weighted by molar-refractivity contribution is 0.253. The lowest BCUT2D eigenvalue weighted by atomic mass is 9.81. The van der Waals surface area contributed by atoms with Crippen LogP contribution in [0.25, 0.3) is 0 Å². The molecule has 1 aliphatic carbocycles. The fourth-order valence-electron chi connectivity index (χ4n) is 2.25. The van der Waals surface area contributed by atoms with Gasteiger partial charge in [-0.15, -0.1) is 0 Å². The molecule has 1 atom stereocenters. The summed E-state index contributed by atoms with van der Waals surface area (Å²) in [6.45, 7) is 9.23. The van der Waals surface area contributed by atoms with Gasteiger partial charge >= 0.3 is 0 Å². The first-order chi connectivity index (χ1) is 7.59. The summed E-state index contributed by atoms with van der Waals surface area (Å²) in [4.78, 5) is 2.41. The molecule has 16 heavy (non-hydrogen) atoms. The largest absolute Gasteiger partial charge is 0.314 e. The van der Waals surface area contributed by atoms with E-state index in [0.717, 1.165) is 12.0 Å². The SMILES string of the molecule is CC(CC1CCC1)NCCCN(C)C(C)C. The van der Waals surface area contributed by atoms with Gasteiger partial charge in [0.2, 0.25) is 0 Å². The van der Waals surface area contributed by atoms with Crippen LogP contribution in [-0.4, -0.2) is 37.1 Å². The van der Waals surface area contributed by atoms with E-state index in [2.05, 4.69) is 38.0 Å². The summed E-state index contributed by atoms with van der Waals surface area (Å²) in [6.07, 6.45) is 7.07. The number of rotatable bonds is 8. The lowest BCUT2D eigenvalue weighted by Gasteiger charge is -2.28. The molecule has 0 aromatic carbocycles. The maximum atomic E-state index is 3.65. The molecule has 0 saturated heterocycles. The molecule has 0 amide bonds. The van der Waals surface area contributed by atoms with E-state index < -0.39 is 0 Å². The Labute approximate surface area is 102 Å². The van der Waals surface area contributed by atoms with E-state index in [9.17, 15) is 0 Å². The second-order valence-corrected chi connectivity index (χ2v) is 5.82. The molecular formula is C14H30N2. The van der Waals surface area contributed by atoms with Crippen LogP contribution in [0.4, 0.5) is 0 Å². The zero-order valence-electron chi connectivity index (χ0n) is 11.6. The summed E-state index contributed by atoms with van der Waals surface area (Å²) in [7, 11) is 2.21. The topological polar surface area (TPSA) is 15.3 Å².